The number of benzene rings is 2. The fourth-order valence-corrected chi connectivity index (χ4v) is 2.16. The Labute approximate surface area is 135 Å². The summed E-state index contributed by atoms with van der Waals surface area (Å²) >= 11 is 0. The minimum atomic E-state index is -0.973. The van der Waals surface area contributed by atoms with Crippen molar-refractivity contribution in [1.82, 2.24) is 0 Å². The van der Waals surface area contributed by atoms with Gasteiger partial charge in [0.25, 0.3) is 0 Å². The summed E-state index contributed by atoms with van der Waals surface area (Å²) in [6, 6.07) is 13.1. The molecule has 2 aromatic carbocycles. The van der Waals surface area contributed by atoms with Crippen LogP contribution in [0.5, 0.6) is 0 Å². The summed E-state index contributed by atoms with van der Waals surface area (Å²) in [6.07, 6.45) is 0. The zero-order valence-corrected chi connectivity index (χ0v) is 12.3. The van der Waals surface area contributed by atoms with Crippen molar-refractivity contribution in [2.45, 2.75) is 0 Å². The molecule has 0 saturated carbocycles. The van der Waals surface area contributed by atoms with Crippen LogP contribution in [0.25, 0.3) is 11.0 Å². The van der Waals surface area contributed by atoms with Crippen molar-refractivity contribution in [2.75, 3.05) is 6.61 Å². The average Bonchev–Trinajstić information content (AvgIpc) is 2.58. The number of esters is 1. The Kier molecular flexibility index (Phi) is 4.20. The van der Waals surface area contributed by atoms with Gasteiger partial charge in [-0.05, 0) is 24.3 Å². The Bertz CT molecular complexity index is 990. The highest BCUT2D eigenvalue weighted by Crippen LogP contribution is 2.13. The quantitative estimate of drug-likeness (QED) is 0.419. The molecule has 3 rings (SSSR count). The highest BCUT2D eigenvalue weighted by molar-refractivity contribution is 5.99. The molecule has 0 radical (unpaired) electrons. The lowest BCUT2D eigenvalue weighted by atomic mass is 10.1. The number of rotatable bonds is 4. The number of hydrogen-bond acceptors (Lipinski definition) is 5. The third-order valence-electron chi connectivity index (χ3n) is 3.34. The molecule has 0 amide bonds. The van der Waals surface area contributed by atoms with Crippen LogP contribution in [0.3, 0.4) is 0 Å². The Balaban J connectivity index is 1.77. The Hall–Kier alpha value is -3.28. The van der Waals surface area contributed by atoms with E-state index in [9.17, 15) is 18.8 Å². The van der Waals surface area contributed by atoms with Crippen LogP contribution < -0.4 is 5.63 Å². The zero-order valence-electron chi connectivity index (χ0n) is 12.3. The number of halogens is 1. The van der Waals surface area contributed by atoms with Crippen molar-refractivity contribution in [3.05, 3.63) is 82.0 Å². The number of hydrogen-bond donors (Lipinski definition) is 0. The SMILES string of the molecule is O=C(COC(=O)c1cc2ccccc2oc1=O)c1cccc(F)c1. The lowest BCUT2D eigenvalue weighted by Gasteiger charge is -2.04. The van der Waals surface area contributed by atoms with Crippen LogP contribution in [0.4, 0.5) is 4.39 Å². The Morgan fingerprint density at radius 3 is 2.62 bits per heavy atom. The normalized spacial score (nSPS) is 10.5. The number of ketones is 1. The molecule has 1 heterocycles. The Morgan fingerprint density at radius 2 is 1.83 bits per heavy atom. The van der Waals surface area contributed by atoms with Crippen LogP contribution in [-0.2, 0) is 4.74 Å². The number of para-hydroxylation sites is 1. The van der Waals surface area contributed by atoms with E-state index in [1.54, 1.807) is 24.3 Å². The third-order valence-corrected chi connectivity index (χ3v) is 3.34. The highest BCUT2D eigenvalue weighted by Gasteiger charge is 2.17. The number of carbonyl (C=O) groups excluding carboxylic acids is 2. The number of Topliss-reactive ketones (excluding diaryl/α,β-unsaturated/α-hetero) is 1. The van der Waals surface area contributed by atoms with Gasteiger partial charge in [0.2, 0.25) is 0 Å². The first-order valence-electron chi connectivity index (χ1n) is 7.03. The topological polar surface area (TPSA) is 73.6 Å². The summed E-state index contributed by atoms with van der Waals surface area (Å²) in [7, 11) is 0. The molecule has 0 fully saturated rings. The van der Waals surface area contributed by atoms with Gasteiger partial charge in [0.15, 0.2) is 12.4 Å². The maximum absolute atomic E-state index is 13.1. The van der Waals surface area contributed by atoms with E-state index >= 15 is 0 Å². The molecule has 0 saturated heterocycles. The number of ether oxygens (including phenoxy) is 1. The van der Waals surface area contributed by atoms with Gasteiger partial charge in [0.1, 0.15) is 17.0 Å². The van der Waals surface area contributed by atoms with E-state index in [0.717, 1.165) is 6.07 Å². The van der Waals surface area contributed by atoms with Gasteiger partial charge in [-0.25, -0.2) is 14.0 Å². The molecule has 6 heteroatoms. The highest BCUT2D eigenvalue weighted by atomic mass is 19.1. The van der Waals surface area contributed by atoms with Crippen LogP contribution in [0.15, 0.2) is 63.8 Å². The zero-order chi connectivity index (χ0) is 17.1. The van der Waals surface area contributed by atoms with Crippen molar-refractivity contribution >= 4 is 22.7 Å². The second-order valence-electron chi connectivity index (χ2n) is 5.00. The fraction of sp³-hybridized carbons (Fsp3) is 0.0556. The maximum Gasteiger partial charge on any atom is 0.351 e. The van der Waals surface area contributed by atoms with E-state index in [4.69, 9.17) is 9.15 Å². The van der Waals surface area contributed by atoms with E-state index in [2.05, 4.69) is 0 Å². The average molecular weight is 326 g/mol. The first-order chi connectivity index (χ1) is 11.5. The smallest absolute Gasteiger partial charge is 0.351 e. The molecule has 1 aromatic heterocycles. The van der Waals surface area contributed by atoms with Crippen molar-refractivity contribution in [2.24, 2.45) is 0 Å². The van der Waals surface area contributed by atoms with Crippen LogP contribution in [0.2, 0.25) is 0 Å². The minimum Gasteiger partial charge on any atom is -0.453 e. The molecule has 0 unspecified atom stereocenters. The summed E-state index contributed by atoms with van der Waals surface area (Å²) in [5.41, 5.74) is -0.735. The third kappa shape index (κ3) is 3.22. The van der Waals surface area contributed by atoms with E-state index in [1.807, 2.05) is 0 Å². The molecule has 120 valence electrons. The standard InChI is InChI=1S/C18H11FO5/c19-13-6-3-5-11(8-13)15(20)10-23-17(21)14-9-12-4-1-2-7-16(12)24-18(14)22/h1-9H,10H2. The first-order valence-corrected chi connectivity index (χ1v) is 7.03. The van der Waals surface area contributed by atoms with Crippen LogP contribution in [-0.4, -0.2) is 18.4 Å². The molecule has 0 aliphatic rings. The Morgan fingerprint density at radius 1 is 1.04 bits per heavy atom. The van der Waals surface area contributed by atoms with Crippen LogP contribution >= 0.6 is 0 Å². The van der Waals surface area contributed by atoms with Gasteiger partial charge in [-0.2, -0.15) is 0 Å². The summed E-state index contributed by atoms with van der Waals surface area (Å²) in [6.45, 7) is -0.603. The van der Waals surface area contributed by atoms with Gasteiger partial charge >= 0.3 is 11.6 Å². The molecular weight excluding hydrogens is 315 g/mol. The molecule has 0 bridgehead atoms. The minimum absolute atomic E-state index is 0.0772. The molecular formula is C18H11FO5. The molecule has 0 N–H and O–H groups in total. The molecule has 0 aliphatic heterocycles. The second kappa shape index (κ2) is 6.45. The predicted octanol–water partition coefficient (Wildman–Crippen LogP) is 2.97. The summed E-state index contributed by atoms with van der Waals surface area (Å²) in [5.74, 6) is -2.12. The van der Waals surface area contributed by atoms with E-state index < -0.39 is 29.8 Å². The lowest BCUT2D eigenvalue weighted by molar-refractivity contribution is 0.0470. The second-order valence-corrected chi connectivity index (χ2v) is 5.00. The lowest BCUT2D eigenvalue weighted by Crippen LogP contribution is -2.20. The maximum atomic E-state index is 13.1. The van der Waals surface area contributed by atoms with Crippen LogP contribution in [0, 0.1) is 5.82 Å². The van der Waals surface area contributed by atoms with E-state index in [-0.39, 0.29) is 11.1 Å². The largest absolute Gasteiger partial charge is 0.453 e. The fourth-order valence-electron chi connectivity index (χ4n) is 2.16. The monoisotopic (exact) mass is 326 g/mol. The van der Waals surface area contributed by atoms with Gasteiger partial charge in [0, 0.05) is 10.9 Å². The molecule has 0 atom stereocenters. The van der Waals surface area contributed by atoms with Crippen molar-refractivity contribution in [1.29, 1.82) is 0 Å². The molecule has 24 heavy (non-hydrogen) atoms. The number of carbonyl (C=O) groups is 2. The predicted molar refractivity (Wildman–Crippen MR) is 83.5 cm³/mol. The van der Waals surface area contributed by atoms with Gasteiger partial charge in [-0.3, -0.25) is 4.79 Å². The summed E-state index contributed by atoms with van der Waals surface area (Å²) < 4.78 is 23.0. The summed E-state index contributed by atoms with van der Waals surface area (Å²) in [5, 5.41) is 0.556. The van der Waals surface area contributed by atoms with Gasteiger partial charge < -0.3 is 9.15 Å². The van der Waals surface area contributed by atoms with Gasteiger partial charge in [0.05, 0.1) is 0 Å². The van der Waals surface area contributed by atoms with Gasteiger partial charge in [-0.15, -0.1) is 0 Å². The number of fused-ring (bicyclic) bond motifs is 1. The van der Waals surface area contributed by atoms with Crippen LogP contribution in [0.1, 0.15) is 20.7 Å². The van der Waals surface area contributed by atoms with Crippen molar-refractivity contribution in [3.63, 3.8) is 0 Å². The molecule has 0 spiro atoms. The first kappa shape index (κ1) is 15.6. The molecule has 3 aromatic rings. The van der Waals surface area contributed by atoms with Crippen molar-refractivity contribution in [3.8, 4) is 0 Å². The molecule has 5 nitrogen and oxygen atoms in total. The van der Waals surface area contributed by atoms with E-state index in [1.165, 1.54) is 24.3 Å². The van der Waals surface area contributed by atoms with Gasteiger partial charge in [-0.1, -0.05) is 30.3 Å². The van der Waals surface area contributed by atoms with E-state index in [0.29, 0.717) is 11.0 Å². The molecule has 0 aliphatic carbocycles. The summed E-state index contributed by atoms with van der Waals surface area (Å²) in [4.78, 5) is 35.7. The van der Waals surface area contributed by atoms with Crippen molar-refractivity contribution < 1.29 is 23.1 Å².